The summed E-state index contributed by atoms with van der Waals surface area (Å²) in [6.45, 7) is 8.21. The van der Waals surface area contributed by atoms with Gasteiger partial charge >= 0.3 is 0 Å². The fourth-order valence-corrected chi connectivity index (χ4v) is 3.99. The molecule has 1 amide bonds. The van der Waals surface area contributed by atoms with Crippen molar-refractivity contribution in [1.29, 1.82) is 0 Å². The molecule has 0 saturated heterocycles. The van der Waals surface area contributed by atoms with Gasteiger partial charge in [0, 0.05) is 42.0 Å². The molecule has 0 aliphatic rings. The van der Waals surface area contributed by atoms with Crippen LogP contribution < -0.4 is 11.1 Å². The molecule has 33 heavy (non-hydrogen) atoms. The van der Waals surface area contributed by atoms with Crippen LogP contribution in [-0.4, -0.2) is 41.3 Å². The molecule has 4 aromatic rings. The summed E-state index contributed by atoms with van der Waals surface area (Å²) in [7, 11) is 0. The second-order valence-corrected chi connectivity index (χ2v) is 8.93. The van der Waals surface area contributed by atoms with Gasteiger partial charge in [0.05, 0.1) is 22.8 Å². The molecule has 0 aliphatic heterocycles. The van der Waals surface area contributed by atoms with Crippen LogP contribution in [0.25, 0.3) is 16.8 Å². The molecule has 2 atom stereocenters. The average molecular weight is 467 g/mol. The molecular weight excluding hydrogens is 440 g/mol. The second-order valence-electron chi connectivity index (χ2n) is 8.50. The molecule has 3 N–H and O–H groups in total. The number of fused-ring (bicyclic) bond motifs is 1. The zero-order valence-corrected chi connectivity index (χ0v) is 19.8. The highest BCUT2D eigenvalue weighted by Gasteiger charge is 2.22. The third-order valence-corrected chi connectivity index (χ3v) is 5.81. The van der Waals surface area contributed by atoms with Gasteiger partial charge in [0.25, 0.3) is 5.91 Å². The molecule has 0 aromatic carbocycles. The van der Waals surface area contributed by atoms with E-state index in [9.17, 15) is 4.79 Å². The first-order chi connectivity index (χ1) is 15.8. The van der Waals surface area contributed by atoms with E-state index in [4.69, 9.17) is 17.3 Å². The van der Waals surface area contributed by atoms with Crippen molar-refractivity contribution in [2.75, 3.05) is 5.73 Å². The number of anilines is 1. The predicted molar refractivity (Wildman–Crippen MR) is 128 cm³/mol. The normalized spacial score (nSPS) is 13.4. The van der Waals surface area contributed by atoms with Crippen molar-refractivity contribution >= 4 is 29.1 Å². The van der Waals surface area contributed by atoms with E-state index in [1.807, 2.05) is 30.8 Å². The Bertz CT molecular complexity index is 1290. The number of nitrogens with one attached hydrogen (secondary N) is 1. The lowest BCUT2D eigenvalue weighted by atomic mass is 9.97. The Morgan fingerprint density at radius 1 is 1.15 bits per heavy atom. The highest BCUT2D eigenvalue weighted by atomic mass is 35.5. The minimum Gasteiger partial charge on any atom is -0.366 e. The van der Waals surface area contributed by atoms with Crippen LogP contribution in [-0.2, 0) is 0 Å². The Labute approximate surface area is 197 Å². The van der Waals surface area contributed by atoms with E-state index in [2.05, 4.69) is 39.3 Å². The lowest BCUT2D eigenvalue weighted by molar-refractivity contribution is 0.0940. The number of halogens is 1. The number of aromatic nitrogens is 6. The maximum atomic E-state index is 13.0. The molecule has 0 spiro atoms. The van der Waals surface area contributed by atoms with E-state index >= 15 is 0 Å². The fourth-order valence-electron chi connectivity index (χ4n) is 3.80. The number of nitrogen functional groups attached to an aromatic ring is 1. The summed E-state index contributed by atoms with van der Waals surface area (Å²) in [5.41, 5.74) is 9.23. The van der Waals surface area contributed by atoms with Crippen molar-refractivity contribution in [2.24, 2.45) is 5.92 Å². The van der Waals surface area contributed by atoms with Gasteiger partial charge < -0.3 is 11.1 Å². The maximum Gasteiger partial charge on any atom is 0.255 e. The molecule has 172 valence electrons. The minimum atomic E-state index is -0.221. The standard InChI is InChI=1S/C23H27ClN8O/c1-5-14(4)28-22(33)19-7-16(11-32-21(19)29-23(25)30-32)17-9-27-31(12-17)20(13(2)3)15-6-18(24)10-26-8-15/h6-14,20H,5H2,1-4H3,(H2,25,30)(H,28,33)/t14-,20?/m0/s1. The monoisotopic (exact) mass is 466 g/mol. The summed E-state index contributed by atoms with van der Waals surface area (Å²) in [5.74, 6) is 0.127. The van der Waals surface area contributed by atoms with Crippen molar-refractivity contribution in [3.63, 3.8) is 0 Å². The minimum absolute atomic E-state index is 0.0299. The van der Waals surface area contributed by atoms with E-state index in [0.717, 1.165) is 23.1 Å². The SMILES string of the molecule is CC[C@H](C)NC(=O)c1cc(-c2cnn(C(c3cncc(Cl)c3)C(C)C)c2)cn2nc(N)nc12. The van der Waals surface area contributed by atoms with Crippen molar-refractivity contribution < 1.29 is 4.79 Å². The van der Waals surface area contributed by atoms with Gasteiger partial charge in [0.2, 0.25) is 5.95 Å². The third kappa shape index (κ3) is 4.68. The largest absolute Gasteiger partial charge is 0.366 e. The first-order valence-electron chi connectivity index (χ1n) is 10.9. The number of hydrogen-bond donors (Lipinski definition) is 2. The molecule has 4 heterocycles. The molecule has 4 aromatic heterocycles. The number of carbonyl (C=O) groups excluding carboxylic acids is 1. The molecule has 9 nitrogen and oxygen atoms in total. The molecule has 4 rings (SSSR count). The van der Waals surface area contributed by atoms with Gasteiger partial charge in [-0.3, -0.25) is 14.5 Å². The predicted octanol–water partition coefficient (Wildman–Crippen LogP) is 4.00. The number of rotatable bonds is 7. The average Bonchev–Trinajstić information content (AvgIpc) is 3.38. The lowest BCUT2D eigenvalue weighted by Crippen LogP contribution is -2.32. The van der Waals surface area contributed by atoms with Crippen molar-refractivity contribution in [2.45, 2.75) is 46.2 Å². The van der Waals surface area contributed by atoms with Crippen LogP contribution in [0, 0.1) is 5.92 Å². The molecule has 0 bridgehead atoms. The van der Waals surface area contributed by atoms with Crippen molar-refractivity contribution in [3.05, 3.63) is 59.3 Å². The Morgan fingerprint density at radius 2 is 1.94 bits per heavy atom. The van der Waals surface area contributed by atoms with Crippen LogP contribution in [0.15, 0.2) is 43.1 Å². The van der Waals surface area contributed by atoms with E-state index in [1.54, 1.807) is 30.9 Å². The van der Waals surface area contributed by atoms with Gasteiger partial charge in [-0.15, -0.1) is 5.10 Å². The summed E-state index contributed by atoms with van der Waals surface area (Å²) < 4.78 is 3.43. The second kappa shape index (κ2) is 9.19. The van der Waals surface area contributed by atoms with Crippen LogP contribution in [0.5, 0.6) is 0 Å². The molecule has 0 radical (unpaired) electrons. The number of pyridine rings is 2. The Hall–Kier alpha value is -3.46. The Morgan fingerprint density at radius 3 is 2.64 bits per heavy atom. The van der Waals surface area contributed by atoms with Crippen molar-refractivity contribution in [3.8, 4) is 11.1 Å². The van der Waals surface area contributed by atoms with Gasteiger partial charge in [-0.2, -0.15) is 10.1 Å². The third-order valence-electron chi connectivity index (χ3n) is 5.60. The fraction of sp³-hybridized carbons (Fsp3) is 0.348. The highest BCUT2D eigenvalue weighted by molar-refractivity contribution is 6.30. The summed E-state index contributed by atoms with van der Waals surface area (Å²) in [5, 5.41) is 12.4. The topological polar surface area (TPSA) is 116 Å². The van der Waals surface area contributed by atoms with E-state index in [1.165, 1.54) is 4.52 Å². The molecule has 0 aliphatic carbocycles. The lowest BCUT2D eigenvalue weighted by Gasteiger charge is -2.21. The smallest absolute Gasteiger partial charge is 0.255 e. The zero-order chi connectivity index (χ0) is 23.7. The van der Waals surface area contributed by atoms with E-state index in [0.29, 0.717) is 16.2 Å². The number of carbonyl (C=O) groups is 1. The molecule has 10 heteroatoms. The number of nitrogens with zero attached hydrogens (tertiary/aromatic N) is 6. The molecule has 1 unspecified atom stereocenters. The summed E-state index contributed by atoms with van der Waals surface area (Å²) >= 11 is 6.18. The molecule has 0 fully saturated rings. The Kier molecular flexibility index (Phi) is 6.33. The van der Waals surface area contributed by atoms with Crippen LogP contribution in [0.4, 0.5) is 5.95 Å². The van der Waals surface area contributed by atoms with Gasteiger partial charge in [0.15, 0.2) is 5.65 Å². The first kappa shape index (κ1) is 22.7. The van der Waals surface area contributed by atoms with Gasteiger partial charge in [-0.1, -0.05) is 32.4 Å². The number of amides is 1. The Balaban J connectivity index is 1.76. The van der Waals surface area contributed by atoms with Crippen LogP contribution in [0.2, 0.25) is 5.02 Å². The first-order valence-corrected chi connectivity index (χ1v) is 11.3. The van der Waals surface area contributed by atoms with E-state index < -0.39 is 0 Å². The number of hydrogen-bond acceptors (Lipinski definition) is 6. The summed E-state index contributed by atoms with van der Waals surface area (Å²) in [6.07, 6.45) is 9.75. The van der Waals surface area contributed by atoms with Gasteiger partial charge in [-0.05, 0) is 37.0 Å². The van der Waals surface area contributed by atoms with Crippen LogP contribution in [0.3, 0.4) is 0 Å². The van der Waals surface area contributed by atoms with Crippen molar-refractivity contribution in [1.82, 2.24) is 34.7 Å². The molecule has 0 saturated carbocycles. The van der Waals surface area contributed by atoms with Gasteiger partial charge in [-0.25, -0.2) is 4.52 Å². The summed E-state index contributed by atoms with van der Waals surface area (Å²) in [4.78, 5) is 21.4. The quantitative estimate of drug-likeness (QED) is 0.425. The number of nitrogens with two attached hydrogens (primary N) is 1. The summed E-state index contributed by atoms with van der Waals surface area (Å²) in [6, 6.07) is 3.68. The zero-order valence-electron chi connectivity index (χ0n) is 19.0. The van der Waals surface area contributed by atoms with E-state index in [-0.39, 0.29) is 29.9 Å². The van der Waals surface area contributed by atoms with Crippen LogP contribution in [0.1, 0.15) is 56.1 Å². The van der Waals surface area contributed by atoms with Crippen LogP contribution >= 0.6 is 11.6 Å². The molecular formula is C23H27ClN8O. The van der Waals surface area contributed by atoms with Gasteiger partial charge in [0.1, 0.15) is 0 Å². The highest BCUT2D eigenvalue weighted by Crippen LogP contribution is 2.30. The maximum absolute atomic E-state index is 13.0.